The van der Waals surface area contributed by atoms with Crippen LogP contribution >= 0.6 is 0 Å². The van der Waals surface area contributed by atoms with Crippen molar-refractivity contribution < 1.29 is 22.7 Å². The van der Waals surface area contributed by atoms with E-state index in [0.29, 0.717) is 12.8 Å². The molecule has 1 aliphatic carbocycles. The van der Waals surface area contributed by atoms with E-state index in [4.69, 9.17) is 14.3 Å². The van der Waals surface area contributed by atoms with Gasteiger partial charge in [-0.1, -0.05) is 0 Å². The molecular weight excluding hydrogens is 246 g/mol. The highest BCUT2D eigenvalue weighted by Crippen LogP contribution is 2.24. The minimum Gasteiger partial charge on any atom is -0.446 e. The molecule has 6 nitrogen and oxygen atoms in total. The molecule has 0 bridgehead atoms. The maximum absolute atomic E-state index is 11.8. The molecule has 0 atom stereocenters. The molecule has 1 saturated carbocycles. The van der Waals surface area contributed by atoms with Crippen LogP contribution in [0.1, 0.15) is 18.6 Å². The number of sulfonamides is 1. The Morgan fingerprint density at radius 1 is 1.53 bits per heavy atom. The average Bonchev–Trinajstić information content (AvgIpc) is 2.71. The van der Waals surface area contributed by atoms with Crippen LogP contribution in [0.15, 0.2) is 21.6 Å². The van der Waals surface area contributed by atoms with Crippen LogP contribution in [0.3, 0.4) is 0 Å². The molecule has 0 spiro atoms. The van der Waals surface area contributed by atoms with Crippen molar-refractivity contribution in [2.24, 2.45) is 0 Å². The molecule has 0 amide bonds. The second kappa shape index (κ2) is 4.77. The number of ether oxygens (including phenoxy) is 1. The standard InChI is InChI=1S/C10H15NO5S/c1-15-9-4-7(5-9)11-17(13,14)10-3-2-8(6-12)16-10/h2-3,7,9,11-12H,4-6H2,1H3. The largest absolute Gasteiger partial charge is 0.446 e. The summed E-state index contributed by atoms with van der Waals surface area (Å²) in [4.78, 5) is 0. The number of hydrogen-bond acceptors (Lipinski definition) is 5. The van der Waals surface area contributed by atoms with Gasteiger partial charge in [-0.25, -0.2) is 13.1 Å². The van der Waals surface area contributed by atoms with Crippen LogP contribution in [-0.2, 0) is 21.4 Å². The van der Waals surface area contributed by atoms with E-state index >= 15 is 0 Å². The highest BCUT2D eigenvalue weighted by atomic mass is 32.2. The monoisotopic (exact) mass is 261 g/mol. The van der Waals surface area contributed by atoms with Crippen molar-refractivity contribution in [1.82, 2.24) is 4.72 Å². The van der Waals surface area contributed by atoms with Crippen molar-refractivity contribution in [3.05, 3.63) is 17.9 Å². The molecule has 2 rings (SSSR count). The molecule has 0 unspecified atom stereocenters. The van der Waals surface area contributed by atoms with Gasteiger partial charge in [0.1, 0.15) is 12.4 Å². The summed E-state index contributed by atoms with van der Waals surface area (Å²) in [6.45, 7) is -0.315. The third-order valence-electron chi connectivity index (χ3n) is 2.81. The number of furan rings is 1. The number of rotatable bonds is 5. The number of aliphatic hydroxyl groups is 1. The first-order valence-corrected chi connectivity index (χ1v) is 6.78. The van der Waals surface area contributed by atoms with Gasteiger partial charge in [0.25, 0.3) is 10.0 Å². The minimum atomic E-state index is -3.62. The highest BCUT2D eigenvalue weighted by Gasteiger charge is 2.33. The third kappa shape index (κ3) is 2.68. The average molecular weight is 261 g/mol. The molecule has 2 N–H and O–H groups in total. The van der Waals surface area contributed by atoms with Crippen LogP contribution in [0.5, 0.6) is 0 Å². The molecule has 1 aromatic rings. The van der Waals surface area contributed by atoms with Gasteiger partial charge in [-0.2, -0.15) is 0 Å². The molecule has 1 fully saturated rings. The summed E-state index contributed by atoms with van der Waals surface area (Å²) in [5, 5.41) is 8.63. The molecule has 0 radical (unpaired) electrons. The number of aliphatic hydroxyl groups excluding tert-OH is 1. The fraction of sp³-hybridized carbons (Fsp3) is 0.600. The van der Waals surface area contributed by atoms with Crippen molar-refractivity contribution in [2.45, 2.75) is 36.7 Å². The Hall–Kier alpha value is -0.890. The molecule has 1 aliphatic rings. The molecule has 7 heteroatoms. The van der Waals surface area contributed by atoms with Crippen LogP contribution in [0, 0.1) is 0 Å². The summed E-state index contributed by atoms with van der Waals surface area (Å²) in [5.41, 5.74) is 0. The van der Waals surface area contributed by atoms with E-state index in [-0.39, 0.29) is 29.6 Å². The van der Waals surface area contributed by atoms with Gasteiger partial charge in [0, 0.05) is 13.2 Å². The van der Waals surface area contributed by atoms with Gasteiger partial charge in [-0.3, -0.25) is 0 Å². The number of nitrogens with one attached hydrogen (secondary N) is 1. The first kappa shape index (κ1) is 12.6. The quantitative estimate of drug-likeness (QED) is 0.792. The van der Waals surface area contributed by atoms with Crippen LogP contribution in [0.2, 0.25) is 0 Å². The number of hydrogen-bond donors (Lipinski definition) is 2. The van der Waals surface area contributed by atoms with Gasteiger partial charge in [0.05, 0.1) is 6.10 Å². The summed E-state index contributed by atoms with van der Waals surface area (Å²) in [7, 11) is -2.02. The SMILES string of the molecule is COC1CC(NS(=O)(=O)c2ccc(CO)o2)C1. The molecule has 1 heterocycles. The van der Waals surface area contributed by atoms with Gasteiger partial charge >= 0.3 is 0 Å². The lowest BCUT2D eigenvalue weighted by atomic mass is 9.90. The fourth-order valence-electron chi connectivity index (χ4n) is 1.72. The lowest BCUT2D eigenvalue weighted by molar-refractivity contribution is 0.0235. The van der Waals surface area contributed by atoms with Crippen molar-refractivity contribution in [1.29, 1.82) is 0 Å². The van der Waals surface area contributed by atoms with Crippen LogP contribution in [0.25, 0.3) is 0 Å². The second-order valence-electron chi connectivity index (χ2n) is 4.03. The van der Waals surface area contributed by atoms with Crippen molar-refractivity contribution in [3.63, 3.8) is 0 Å². The molecular formula is C10H15NO5S. The summed E-state index contributed by atoms with van der Waals surface area (Å²) in [6.07, 6.45) is 1.47. The topological polar surface area (TPSA) is 88.8 Å². The second-order valence-corrected chi connectivity index (χ2v) is 5.67. The Kier molecular flexibility index (Phi) is 3.53. The Morgan fingerprint density at radius 3 is 2.76 bits per heavy atom. The zero-order chi connectivity index (χ0) is 12.5. The first-order valence-electron chi connectivity index (χ1n) is 5.30. The van der Waals surface area contributed by atoms with E-state index in [1.807, 2.05) is 0 Å². The predicted molar refractivity (Wildman–Crippen MR) is 58.8 cm³/mol. The molecule has 0 aliphatic heterocycles. The van der Waals surface area contributed by atoms with Gasteiger partial charge in [0.15, 0.2) is 0 Å². The Labute approximate surface area is 99.6 Å². The Morgan fingerprint density at radius 2 is 2.24 bits per heavy atom. The van der Waals surface area contributed by atoms with Crippen molar-refractivity contribution in [3.8, 4) is 0 Å². The van der Waals surface area contributed by atoms with Crippen molar-refractivity contribution in [2.75, 3.05) is 7.11 Å². The lowest BCUT2D eigenvalue weighted by Gasteiger charge is -2.33. The highest BCUT2D eigenvalue weighted by molar-refractivity contribution is 7.89. The van der Waals surface area contributed by atoms with Crippen molar-refractivity contribution >= 4 is 10.0 Å². The normalized spacial score (nSPS) is 24.6. The maximum Gasteiger partial charge on any atom is 0.274 e. The summed E-state index contributed by atoms with van der Waals surface area (Å²) >= 11 is 0. The van der Waals surface area contributed by atoms with Crippen LogP contribution in [0.4, 0.5) is 0 Å². The summed E-state index contributed by atoms with van der Waals surface area (Å²) in [6, 6.07) is 2.67. The zero-order valence-electron chi connectivity index (χ0n) is 9.42. The zero-order valence-corrected chi connectivity index (χ0v) is 10.2. The van der Waals surface area contributed by atoms with Crippen LogP contribution < -0.4 is 4.72 Å². The minimum absolute atomic E-state index is 0.104. The third-order valence-corrected chi connectivity index (χ3v) is 4.20. The Bertz CT molecular complexity index is 475. The van der Waals surface area contributed by atoms with Gasteiger partial charge in [0.2, 0.25) is 5.09 Å². The van der Waals surface area contributed by atoms with Crippen LogP contribution in [-0.4, -0.2) is 32.8 Å². The van der Waals surface area contributed by atoms with E-state index in [1.165, 1.54) is 12.1 Å². The van der Waals surface area contributed by atoms with Gasteiger partial charge < -0.3 is 14.3 Å². The van der Waals surface area contributed by atoms with Gasteiger partial charge in [-0.15, -0.1) is 0 Å². The van der Waals surface area contributed by atoms with E-state index < -0.39 is 10.0 Å². The molecule has 0 aromatic carbocycles. The van der Waals surface area contributed by atoms with E-state index in [1.54, 1.807) is 7.11 Å². The predicted octanol–water partition coefficient (Wildman–Crippen LogP) is 0.228. The maximum atomic E-state index is 11.8. The summed E-state index contributed by atoms with van der Waals surface area (Å²) < 4.78 is 36.2. The van der Waals surface area contributed by atoms with E-state index in [2.05, 4.69) is 4.72 Å². The summed E-state index contributed by atoms with van der Waals surface area (Å²) in [5.74, 6) is 0.230. The first-order chi connectivity index (χ1) is 8.05. The Balaban J connectivity index is 1.99. The molecule has 17 heavy (non-hydrogen) atoms. The molecule has 96 valence electrons. The molecule has 1 aromatic heterocycles. The fourth-order valence-corrected chi connectivity index (χ4v) is 2.93. The van der Waals surface area contributed by atoms with Gasteiger partial charge in [-0.05, 0) is 25.0 Å². The smallest absolute Gasteiger partial charge is 0.274 e. The van der Waals surface area contributed by atoms with E-state index in [0.717, 1.165) is 0 Å². The molecule has 0 saturated heterocycles. The number of methoxy groups -OCH3 is 1. The van der Waals surface area contributed by atoms with E-state index in [9.17, 15) is 8.42 Å². The lowest BCUT2D eigenvalue weighted by Crippen LogP contribution is -2.47.